The quantitative estimate of drug-likeness (QED) is 0.0477. The molecular weight excluding hydrogens is 967 g/mol. The molecule has 0 saturated carbocycles. The summed E-state index contributed by atoms with van der Waals surface area (Å²) in [5.41, 5.74) is 0.000182. The van der Waals surface area contributed by atoms with Crippen molar-refractivity contribution in [2.75, 3.05) is 6.54 Å². The van der Waals surface area contributed by atoms with E-state index >= 15 is 5.21 Å². The largest absolute Gasteiger partial charge is 0.634 e. The van der Waals surface area contributed by atoms with Crippen LogP contribution < -0.4 is 5.06 Å². The zero-order valence-electron chi connectivity index (χ0n) is 57.6. The SMILES string of the molecule is CCCCCCCCCCCCC(CCCCCCCCCCCC)C(CCCCCCCCCCCC)(CCCCCCCCCCCC)C(CCCCCCCCCCCC)(CCCCCCCCCCCC)[NH+]([O-])CCC. The van der Waals surface area contributed by atoms with E-state index in [1.54, 1.807) is 0 Å². The maximum atomic E-state index is 16.2. The molecule has 0 heterocycles. The average molecular weight is 1130 g/mol. The first kappa shape index (κ1) is 79.9. The average Bonchev–Trinajstić information content (AvgIpc) is 3.63. The first-order valence-electron chi connectivity index (χ1n) is 39.0. The number of hydrogen-bond acceptors (Lipinski definition) is 1. The van der Waals surface area contributed by atoms with E-state index in [-0.39, 0.29) is 11.0 Å². The van der Waals surface area contributed by atoms with Crippen LogP contribution in [0.3, 0.4) is 0 Å². The Morgan fingerprint density at radius 2 is 0.388 bits per heavy atom. The summed E-state index contributed by atoms with van der Waals surface area (Å²) in [6.07, 6.45) is 93.5. The van der Waals surface area contributed by atoms with Crippen LogP contribution in [0.5, 0.6) is 0 Å². The van der Waals surface area contributed by atoms with Crippen molar-refractivity contribution >= 4 is 0 Å². The molecule has 0 aliphatic heterocycles. The molecule has 0 aromatic rings. The van der Waals surface area contributed by atoms with E-state index in [4.69, 9.17) is 0 Å². The molecule has 0 fully saturated rings. The summed E-state index contributed by atoms with van der Waals surface area (Å²) in [7, 11) is 0. The number of unbranched alkanes of at least 4 members (excludes halogenated alkanes) is 54. The van der Waals surface area contributed by atoms with E-state index in [1.807, 2.05) is 0 Å². The van der Waals surface area contributed by atoms with Gasteiger partial charge in [0.15, 0.2) is 0 Å². The molecule has 482 valence electrons. The third-order valence-electron chi connectivity index (χ3n) is 20.4. The molecule has 0 rings (SSSR count). The second-order valence-electron chi connectivity index (χ2n) is 27.8. The van der Waals surface area contributed by atoms with Crippen LogP contribution in [0.25, 0.3) is 0 Å². The van der Waals surface area contributed by atoms with Gasteiger partial charge in [0.05, 0.1) is 6.54 Å². The van der Waals surface area contributed by atoms with E-state index in [1.165, 1.54) is 424 Å². The molecule has 1 atom stereocenters. The summed E-state index contributed by atoms with van der Waals surface area (Å²) in [5.74, 6) is 0.703. The normalized spacial score (nSPS) is 12.7. The van der Waals surface area contributed by atoms with Crippen molar-refractivity contribution in [1.82, 2.24) is 0 Å². The fourth-order valence-corrected chi connectivity index (χ4v) is 15.2. The van der Waals surface area contributed by atoms with Crippen LogP contribution in [0.2, 0.25) is 0 Å². The first-order valence-corrected chi connectivity index (χ1v) is 39.0. The maximum absolute atomic E-state index is 16.2. The number of hydrogen-bond donors (Lipinski definition) is 1. The van der Waals surface area contributed by atoms with Crippen molar-refractivity contribution in [2.45, 2.75) is 484 Å². The van der Waals surface area contributed by atoms with Crippen LogP contribution in [0, 0.1) is 16.5 Å². The Bertz CT molecular complexity index is 1040. The van der Waals surface area contributed by atoms with E-state index in [2.05, 4.69) is 48.5 Å². The number of quaternary nitrogens is 1. The molecule has 0 aromatic carbocycles. The van der Waals surface area contributed by atoms with Crippen molar-refractivity contribution in [3.05, 3.63) is 5.21 Å². The molecular formula is C78H159NO. The predicted molar refractivity (Wildman–Crippen MR) is 367 cm³/mol. The van der Waals surface area contributed by atoms with Crippen molar-refractivity contribution < 1.29 is 5.06 Å². The minimum Gasteiger partial charge on any atom is -0.634 e. The van der Waals surface area contributed by atoms with E-state index in [0.29, 0.717) is 5.92 Å². The Hall–Kier alpha value is -0.0800. The van der Waals surface area contributed by atoms with Crippen LogP contribution in [0.1, 0.15) is 479 Å². The number of nitrogens with one attached hydrogen (secondary N) is 1. The lowest BCUT2D eigenvalue weighted by molar-refractivity contribution is -0.919. The van der Waals surface area contributed by atoms with E-state index < -0.39 is 0 Å². The van der Waals surface area contributed by atoms with Gasteiger partial charge in [0.25, 0.3) is 0 Å². The Morgan fingerprint density at radius 3 is 0.588 bits per heavy atom. The Labute approximate surface area is 509 Å². The highest BCUT2D eigenvalue weighted by molar-refractivity contribution is 5.03. The minimum atomic E-state index is -0.149. The zero-order valence-corrected chi connectivity index (χ0v) is 57.6. The van der Waals surface area contributed by atoms with Gasteiger partial charge in [-0.05, 0) is 50.9 Å². The Morgan fingerprint density at radius 1 is 0.212 bits per heavy atom. The van der Waals surface area contributed by atoms with Crippen LogP contribution in [0.4, 0.5) is 0 Å². The van der Waals surface area contributed by atoms with Crippen molar-refractivity contribution in [3.63, 3.8) is 0 Å². The second-order valence-corrected chi connectivity index (χ2v) is 27.8. The van der Waals surface area contributed by atoms with Gasteiger partial charge in [0.2, 0.25) is 0 Å². The summed E-state index contributed by atoms with van der Waals surface area (Å²) >= 11 is 0. The Kier molecular flexibility index (Phi) is 64.8. The number of hydroxylamine groups is 2. The van der Waals surface area contributed by atoms with Gasteiger partial charge in [-0.1, -0.05) is 421 Å². The summed E-state index contributed by atoms with van der Waals surface area (Å²) in [6, 6.07) is 0. The molecule has 2 nitrogen and oxygen atoms in total. The summed E-state index contributed by atoms with van der Waals surface area (Å²) in [5, 5.41) is 17.0. The van der Waals surface area contributed by atoms with Gasteiger partial charge in [-0.15, -0.1) is 0 Å². The van der Waals surface area contributed by atoms with Gasteiger partial charge >= 0.3 is 0 Å². The number of rotatable bonds is 71. The third-order valence-corrected chi connectivity index (χ3v) is 20.4. The summed E-state index contributed by atoms with van der Waals surface area (Å²) < 4.78 is 0. The second kappa shape index (κ2) is 64.9. The predicted octanol–water partition coefficient (Wildman–Crippen LogP) is 28.0. The topological polar surface area (TPSA) is 27.5 Å². The highest BCUT2D eigenvalue weighted by atomic mass is 16.5. The van der Waals surface area contributed by atoms with Crippen molar-refractivity contribution in [3.8, 4) is 0 Å². The minimum absolute atomic E-state index is 0.149. The van der Waals surface area contributed by atoms with Gasteiger partial charge in [0, 0.05) is 18.3 Å². The highest BCUT2D eigenvalue weighted by Crippen LogP contribution is 2.54. The van der Waals surface area contributed by atoms with Crippen molar-refractivity contribution in [1.29, 1.82) is 0 Å². The molecule has 0 amide bonds. The lowest BCUT2D eigenvalue weighted by atomic mass is 9.52. The highest BCUT2D eigenvalue weighted by Gasteiger charge is 2.57. The lowest BCUT2D eigenvalue weighted by Gasteiger charge is -2.60. The molecule has 1 N–H and O–H groups in total. The Balaban J connectivity index is 7.40. The summed E-state index contributed by atoms with van der Waals surface area (Å²) in [4.78, 5) is 0. The molecule has 0 radical (unpaired) electrons. The maximum Gasteiger partial charge on any atom is 0.103 e. The van der Waals surface area contributed by atoms with Crippen LogP contribution in [-0.4, -0.2) is 12.1 Å². The van der Waals surface area contributed by atoms with Crippen LogP contribution >= 0.6 is 0 Å². The molecule has 0 aromatic heterocycles. The molecule has 0 aliphatic rings. The molecule has 0 saturated heterocycles. The van der Waals surface area contributed by atoms with E-state index in [0.717, 1.165) is 18.0 Å². The van der Waals surface area contributed by atoms with Gasteiger partial charge in [-0.2, -0.15) is 0 Å². The molecule has 0 bridgehead atoms. The van der Waals surface area contributed by atoms with Gasteiger partial charge < -0.3 is 10.3 Å². The molecule has 2 heteroatoms. The monoisotopic (exact) mass is 1130 g/mol. The molecule has 0 spiro atoms. The fourth-order valence-electron chi connectivity index (χ4n) is 15.2. The third kappa shape index (κ3) is 46.2. The van der Waals surface area contributed by atoms with Gasteiger partial charge in [-0.25, -0.2) is 0 Å². The van der Waals surface area contributed by atoms with Gasteiger partial charge in [-0.3, -0.25) is 0 Å². The summed E-state index contributed by atoms with van der Waals surface area (Å²) in [6.45, 7) is 17.3. The van der Waals surface area contributed by atoms with Gasteiger partial charge in [0.1, 0.15) is 5.54 Å². The first-order chi connectivity index (χ1) is 39.5. The van der Waals surface area contributed by atoms with Crippen LogP contribution in [-0.2, 0) is 0 Å². The molecule has 1 unspecified atom stereocenters. The zero-order chi connectivity index (χ0) is 58.2. The molecule has 0 aliphatic carbocycles. The molecule has 80 heavy (non-hydrogen) atoms. The van der Waals surface area contributed by atoms with Crippen molar-refractivity contribution in [2.24, 2.45) is 11.3 Å². The van der Waals surface area contributed by atoms with Crippen LogP contribution in [0.15, 0.2) is 0 Å². The lowest BCUT2D eigenvalue weighted by Crippen LogP contribution is -3.18. The van der Waals surface area contributed by atoms with E-state index in [9.17, 15) is 0 Å². The smallest absolute Gasteiger partial charge is 0.103 e. The fraction of sp³-hybridized carbons (Fsp3) is 1.00. The standard InChI is InChI=1S/C78H159NO/c1-8-15-21-27-33-39-45-51-57-63-69-76(70-64-58-52-46-40-34-28-22-16-9-2)77(71-65-59-53-47-41-35-29-23-17-10-3,72-66-60-54-48-42-36-30-24-18-11-4)78(79(80)75-14-7,73-67-61-55-49-43-37-31-25-19-12-5)74-68-62-56-50-44-38-32-26-20-13-6/h76,79H,8-75H2,1-7H3.